The summed E-state index contributed by atoms with van der Waals surface area (Å²) in [6.07, 6.45) is 11.1. The number of ether oxygens (including phenoxy) is 1. The van der Waals surface area contributed by atoms with Crippen molar-refractivity contribution in [2.45, 2.75) is 84.3 Å². The molecule has 1 saturated carbocycles. The average molecular weight is 520 g/mol. The van der Waals surface area contributed by atoms with Gasteiger partial charge in [0, 0.05) is 41.0 Å². The molecule has 4 aromatic rings. The van der Waals surface area contributed by atoms with Crippen molar-refractivity contribution in [2.75, 3.05) is 19.7 Å². The fraction of sp³-hybridized carbons (Fsp3) is 0.571. The molecule has 0 unspecified atom stereocenters. The van der Waals surface area contributed by atoms with E-state index in [1.807, 2.05) is 15.9 Å². The number of hydrogen-bond donors (Lipinski definition) is 1. The summed E-state index contributed by atoms with van der Waals surface area (Å²) >= 11 is 1.82. The van der Waals surface area contributed by atoms with Crippen LogP contribution in [0.1, 0.15) is 79.9 Å². The van der Waals surface area contributed by atoms with Crippen LogP contribution in [0, 0.1) is 13.8 Å². The number of thiazole rings is 1. The summed E-state index contributed by atoms with van der Waals surface area (Å²) in [6, 6.07) is 0.717. The minimum Gasteiger partial charge on any atom is -0.378 e. The van der Waals surface area contributed by atoms with Gasteiger partial charge in [-0.25, -0.2) is 14.5 Å². The Kier molecular flexibility index (Phi) is 6.63. The summed E-state index contributed by atoms with van der Waals surface area (Å²) in [5, 5.41) is 13.6. The lowest BCUT2D eigenvalue weighted by Crippen LogP contribution is -2.50. The summed E-state index contributed by atoms with van der Waals surface area (Å²) in [4.78, 5) is 13.4. The van der Waals surface area contributed by atoms with Crippen molar-refractivity contribution >= 4 is 17.0 Å². The molecule has 0 radical (unpaired) electrons. The molecule has 2 aliphatic rings. The standard InChI is InChI=1S/C28H37N7OS/c1-6-36-21-11-20(12-21)34-9-7-19(8-10-34)23-13-29-28(37-23)26-24(16(2)3)25(32-33-26)22-14-35-27(30-15-31-35)18(5)17(22)4/h13-16,19-21H,6-12H2,1-5H3,(H,32,33). The van der Waals surface area contributed by atoms with Crippen LogP contribution in [0.2, 0.25) is 0 Å². The Bertz CT molecular complexity index is 1390. The van der Waals surface area contributed by atoms with Crippen LogP contribution < -0.4 is 0 Å². The molecule has 0 aromatic carbocycles. The van der Waals surface area contributed by atoms with Gasteiger partial charge in [-0.05, 0) is 82.5 Å². The van der Waals surface area contributed by atoms with Crippen LogP contribution in [0.15, 0.2) is 18.7 Å². The zero-order valence-electron chi connectivity index (χ0n) is 22.5. The highest BCUT2D eigenvalue weighted by molar-refractivity contribution is 7.15. The topological polar surface area (TPSA) is 84.2 Å². The van der Waals surface area contributed by atoms with Crippen LogP contribution in [-0.2, 0) is 4.74 Å². The van der Waals surface area contributed by atoms with Crippen LogP contribution >= 0.6 is 11.3 Å². The molecule has 8 nitrogen and oxygen atoms in total. The van der Waals surface area contributed by atoms with Crippen molar-refractivity contribution in [3.8, 4) is 22.0 Å². The first-order valence-electron chi connectivity index (χ1n) is 13.6. The maximum absolute atomic E-state index is 5.77. The van der Waals surface area contributed by atoms with E-state index in [-0.39, 0.29) is 0 Å². The molecule has 1 N–H and O–H groups in total. The highest BCUT2D eigenvalue weighted by Crippen LogP contribution is 2.41. The Hall–Kier alpha value is -2.62. The maximum Gasteiger partial charge on any atom is 0.158 e. The molecule has 9 heteroatoms. The summed E-state index contributed by atoms with van der Waals surface area (Å²) < 4.78 is 7.63. The Morgan fingerprint density at radius 3 is 2.65 bits per heavy atom. The van der Waals surface area contributed by atoms with Crippen LogP contribution in [-0.4, -0.2) is 66.5 Å². The lowest BCUT2D eigenvalue weighted by Gasteiger charge is -2.45. The molecule has 37 heavy (non-hydrogen) atoms. The monoisotopic (exact) mass is 519 g/mol. The fourth-order valence-corrected chi connectivity index (χ4v) is 7.17. The quantitative estimate of drug-likeness (QED) is 0.336. The second kappa shape index (κ2) is 9.93. The molecule has 2 fully saturated rings. The van der Waals surface area contributed by atoms with Gasteiger partial charge in [0.05, 0.1) is 11.8 Å². The molecule has 1 saturated heterocycles. The zero-order chi connectivity index (χ0) is 25.7. The molecule has 1 aliphatic carbocycles. The third-order valence-corrected chi connectivity index (χ3v) is 9.59. The van der Waals surface area contributed by atoms with Gasteiger partial charge in [0.15, 0.2) is 5.65 Å². The number of nitrogens with zero attached hydrogens (tertiary/aromatic N) is 6. The van der Waals surface area contributed by atoms with Gasteiger partial charge >= 0.3 is 0 Å². The van der Waals surface area contributed by atoms with Crippen molar-refractivity contribution in [3.63, 3.8) is 0 Å². The largest absolute Gasteiger partial charge is 0.378 e. The number of rotatable bonds is 7. The van der Waals surface area contributed by atoms with Gasteiger partial charge in [0.1, 0.15) is 17.0 Å². The van der Waals surface area contributed by atoms with Crippen LogP contribution in [0.25, 0.3) is 27.6 Å². The predicted molar refractivity (Wildman–Crippen MR) is 147 cm³/mol. The zero-order valence-corrected chi connectivity index (χ0v) is 23.3. The van der Waals surface area contributed by atoms with Crippen molar-refractivity contribution in [1.82, 2.24) is 34.7 Å². The second-order valence-corrected chi connectivity index (χ2v) is 12.0. The Balaban J connectivity index is 1.22. The minimum absolute atomic E-state index is 0.300. The van der Waals surface area contributed by atoms with Gasteiger partial charge in [0.2, 0.25) is 0 Å². The van der Waals surface area contributed by atoms with Crippen molar-refractivity contribution < 1.29 is 4.74 Å². The molecule has 196 valence electrons. The van der Waals surface area contributed by atoms with Crippen LogP contribution in [0.4, 0.5) is 0 Å². The van der Waals surface area contributed by atoms with E-state index in [4.69, 9.17) is 14.8 Å². The van der Waals surface area contributed by atoms with E-state index < -0.39 is 0 Å². The number of fused-ring (bicyclic) bond motifs is 1. The van der Waals surface area contributed by atoms with E-state index in [0.717, 1.165) is 45.8 Å². The molecular weight excluding hydrogens is 482 g/mol. The summed E-state index contributed by atoms with van der Waals surface area (Å²) in [6.45, 7) is 14.0. The van der Waals surface area contributed by atoms with E-state index in [0.29, 0.717) is 17.9 Å². The first-order chi connectivity index (χ1) is 17.9. The van der Waals surface area contributed by atoms with Gasteiger partial charge in [-0.1, -0.05) is 13.8 Å². The normalized spacial score (nSPS) is 21.2. The van der Waals surface area contributed by atoms with E-state index >= 15 is 0 Å². The summed E-state index contributed by atoms with van der Waals surface area (Å²) in [5.74, 6) is 0.888. The Morgan fingerprint density at radius 2 is 1.92 bits per heavy atom. The summed E-state index contributed by atoms with van der Waals surface area (Å²) in [5.41, 5.74) is 7.59. The smallest absolute Gasteiger partial charge is 0.158 e. The van der Waals surface area contributed by atoms with Gasteiger partial charge in [0.25, 0.3) is 0 Å². The lowest BCUT2D eigenvalue weighted by molar-refractivity contribution is -0.0513. The molecule has 1 aliphatic heterocycles. The van der Waals surface area contributed by atoms with E-state index in [1.54, 1.807) is 6.33 Å². The number of likely N-dealkylation sites (tertiary alicyclic amines) is 1. The number of aromatic nitrogens is 6. The number of H-pyrrole nitrogens is 1. The second-order valence-electron chi connectivity index (χ2n) is 10.9. The fourth-order valence-electron chi connectivity index (χ4n) is 6.08. The molecule has 0 amide bonds. The molecule has 6 rings (SSSR count). The van der Waals surface area contributed by atoms with Gasteiger partial charge in [-0.2, -0.15) is 10.2 Å². The molecule has 4 aromatic heterocycles. The van der Waals surface area contributed by atoms with Gasteiger partial charge < -0.3 is 9.64 Å². The number of piperidine rings is 1. The van der Waals surface area contributed by atoms with Crippen molar-refractivity contribution in [2.24, 2.45) is 0 Å². The third-order valence-electron chi connectivity index (χ3n) is 8.42. The Morgan fingerprint density at radius 1 is 1.14 bits per heavy atom. The van der Waals surface area contributed by atoms with E-state index in [1.165, 1.54) is 54.8 Å². The number of aromatic amines is 1. The molecule has 0 bridgehead atoms. The highest BCUT2D eigenvalue weighted by atomic mass is 32.1. The van der Waals surface area contributed by atoms with Gasteiger partial charge in [-0.3, -0.25) is 5.10 Å². The van der Waals surface area contributed by atoms with Crippen LogP contribution in [0.3, 0.4) is 0 Å². The highest BCUT2D eigenvalue weighted by Gasteiger charge is 2.36. The summed E-state index contributed by atoms with van der Waals surface area (Å²) in [7, 11) is 0. The maximum atomic E-state index is 5.77. The first kappa shape index (κ1) is 24.7. The Labute approximate surface area is 222 Å². The number of hydrogen-bond acceptors (Lipinski definition) is 7. The SMILES string of the molecule is CCOC1CC(N2CCC(c3cnc(-c4n[nH]c(-c5cn6ncnc6c(C)c5C)c4C(C)C)s3)CC2)C1. The number of nitrogens with one attached hydrogen (secondary N) is 1. The molecule has 0 spiro atoms. The van der Waals surface area contributed by atoms with Crippen molar-refractivity contribution in [3.05, 3.63) is 40.3 Å². The minimum atomic E-state index is 0.300. The predicted octanol–water partition coefficient (Wildman–Crippen LogP) is 5.73. The van der Waals surface area contributed by atoms with Gasteiger partial charge in [-0.15, -0.1) is 11.3 Å². The molecule has 5 heterocycles. The molecule has 0 atom stereocenters. The molecular formula is C28H37N7OS. The lowest BCUT2D eigenvalue weighted by atomic mass is 9.85. The average Bonchev–Trinajstić information content (AvgIpc) is 3.62. The number of aryl methyl sites for hydroxylation is 1. The first-order valence-corrected chi connectivity index (χ1v) is 14.5. The van der Waals surface area contributed by atoms with Crippen LogP contribution in [0.5, 0.6) is 0 Å². The van der Waals surface area contributed by atoms with Crippen molar-refractivity contribution in [1.29, 1.82) is 0 Å². The van der Waals surface area contributed by atoms with E-state index in [2.05, 4.69) is 67.1 Å². The van der Waals surface area contributed by atoms with E-state index in [9.17, 15) is 0 Å². The number of pyridine rings is 1. The third kappa shape index (κ3) is 4.41.